The molecule has 5 heteroatoms. The van der Waals surface area contributed by atoms with Gasteiger partial charge >= 0.3 is 0 Å². The Morgan fingerprint density at radius 3 is 2.94 bits per heavy atom. The second-order valence-electron chi connectivity index (χ2n) is 3.35. The van der Waals surface area contributed by atoms with Crippen molar-refractivity contribution in [3.8, 4) is 0 Å². The zero-order valence-corrected chi connectivity index (χ0v) is 8.73. The molecule has 0 aliphatic heterocycles. The third-order valence-electron chi connectivity index (χ3n) is 2.11. The Kier molecular flexibility index (Phi) is 2.14. The molecule has 2 aromatic rings. The van der Waals surface area contributed by atoms with Gasteiger partial charge in [0.25, 0.3) is 5.56 Å². The molecule has 1 aromatic heterocycles. The number of fused-ring (bicyclic) bond motifs is 1. The molecule has 0 saturated carbocycles. The second-order valence-corrected chi connectivity index (χ2v) is 3.35. The highest BCUT2D eigenvalue weighted by Crippen LogP contribution is 2.06. The molecular weight excluding hydrogens is 206 g/mol. The molecule has 0 bridgehead atoms. The molecule has 5 nitrogen and oxygen atoms in total. The van der Waals surface area contributed by atoms with Crippen molar-refractivity contribution in [3.05, 3.63) is 40.4 Å². The third kappa shape index (κ3) is 1.67. The number of nitrogens with one attached hydrogen (secondary N) is 1. The molecule has 1 heterocycles. The van der Waals surface area contributed by atoms with E-state index in [9.17, 15) is 9.59 Å². The van der Waals surface area contributed by atoms with Gasteiger partial charge in [-0.1, -0.05) is 12.1 Å². The average molecular weight is 218 g/mol. The molecule has 0 spiro atoms. The summed E-state index contributed by atoms with van der Waals surface area (Å²) in [6.45, 7) is 1.12. The highest BCUT2D eigenvalue weighted by Gasteiger charge is 2.07. The Morgan fingerprint density at radius 1 is 1.50 bits per heavy atom. The molecule has 0 atom stereocenters. The number of rotatable bonds is 1. The van der Waals surface area contributed by atoms with Gasteiger partial charge in [0.15, 0.2) is 0 Å². The molecule has 0 unspecified atom stereocenters. The van der Waals surface area contributed by atoms with Gasteiger partial charge in [-0.25, -0.2) is 9.66 Å². The van der Waals surface area contributed by atoms with Crippen LogP contribution in [0, 0.1) is 6.90 Å². The van der Waals surface area contributed by atoms with Crippen molar-refractivity contribution in [2.24, 2.45) is 0 Å². The monoisotopic (exact) mass is 218 g/mol. The molecule has 0 saturated heterocycles. The smallest absolute Gasteiger partial charge is 0.274 e. The van der Waals surface area contributed by atoms with E-state index in [0.29, 0.717) is 10.9 Å². The first-order valence-corrected chi connectivity index (χ1v) is 4.71. The number of aryl methyl sites for hydroxylation is 1. The standard InChI is InChI=1S/C11H11N3O2/c1-7-12-10-6-4-3-5-9(10)11(16)14(7)13-8(2)15/h3-6H,1-2H3,(H,13,15)/i1D. The van der Waals surface area contributed by atoms with Crippen LogP contribution in [0.1, 0.15) is 14.1 Å². The first-order chi connectivity index (χ1) is 8.13. The minimum absolute atomic E-state index is 0.180. The van der Waals surface area contributed by atoms with Crippen LogP contribution >= 0.6 is 0 Å². The van der Waals surface area contributed by atoms with E-state index in [-0.39, 0.29) is 24.2 Å². The van der Waals surface area contributed by atoms with Crippen LogP contribution in [0.2, 0.25) is 0 Å². The Labute approximate surface area is 93.1 Å². The van der Waals surface area contributed by atoms with Gasteiger partial charge in [-0.15, -0.1) is 0 Å². The van der Waals surface area contributed by atoms with E-state index in [1.807, 2.05) is 0 Å². The largest absolute Gasteiger partial charge is 0.280 e. The Balaban J connectivity index is 2.76. The zero-order chi connectivity index (χ0) is 12.4. The van der Waals surface area contributed by atoms with Crippen molar-refractivity contribution in [1.29, 1.82) is 0 Å². The summed E-state index contributed by atoms with van der Waals surface area (Å²) in [7, 11) is 0. The van der Waals surface area contributed by atoms with Gasteiger partial charge in [0.2, 0.25) is 5.91 Å². The molecule has 0 fully saturated rings. The number of carbonyl (C=O) groups is 1. The number of aromatic nitrogens is 2. The van der Waals surface area contributed by atoms with Gasteiger partial charge in [0.1, 0.15) is 5.82 Å². The zero-order valence-electron chi connectivity index (χ0n) is 9.73. The fourth-order valence-electron chi connectivity index (χ4n) is 1.45. The van der Waals surface area contributed by atoms with Crippen LogP contribution < -0.4 is 11.0 Å². The van der Waals surface area contributed by atoms with Crippen molar-refractivity contribution in [3.63, 3.8) is 0 Å². The topological polar surface area (TPSA) is 64.0 Å². The lowest BCUT2D eigenvalue weighted by atomic mass is 10.2. The predicted molar refractivity (Wildman–Crippen MR) is 60.8 cm³/mol. The van der Waals surface area contributed by atoms with Gasteiger partial charge in [-0.3, -0.25) is 15.0 Å². The van der Waals surface area contributed by atoms with E-state index in [1.54, 1.807) is 24.3 Å². The molecule has 0 radical (unpaired) electrons. The van der Waals surface area contributed by atoms with E-state index >= 15 is 0 Å². The number of hydrogen-bond donors (Lipinski definition) is 1. The number of nitrogens with zero attached hydrogens (tertiary/aromatic N) is 2. The van der Waals surface area contributed by atoms with E-state index < -0.39 is 0 Å². The minimum atomic E-state index is -0.376. The number of para-hydroxylation sites is 1. The summed E-state index contributed by atoms with van der Waals surface area (Å²) in [5.74, 6) is -0.164. The summed E-state index contributed by atoms with van der Waals surface area (Å²) in [5, 5.41) is 0.415. The van der Waals surface area contributed by atoms with E-state index in [0.717, 1.165) is 4.68 Å². The van der Waals surface area contributed by atoms with Crippen LogP contribution in [0.25, 0.3) is 10.9 Å². The van der Waals surface area contributed by atoms with Crippen molar-refractivity contribution < 1.29 is 6.17 Å². The second kappa shape index (κ2) is 3.77. The predicted octanol–water partition coefficient (Wildman–Crippen LogP) is 0.795. The van der Waals surface area contributed by atoms with Crippen LogP contribution in [0.5, 0.6) is 0 Å². The maximum atomic E-state index is 12.1. The fourth-order valence-corrected chi connectivity index (χ4v) is 1.45. The maximum absolute atomic E-state index is 12.1. The number of hydrogen-bond acceptors (Lipinski definition) is 3. The summed E-state index contributed by atoms with van der Waals surface area (Å²) in [4.78, 5) is 27.2. The highest BCUT2D eigenvalue weighted by atomic mass is 16.2. The Hall–Kier alpha value is -2.17. The van der Waals surface area contributed by atoms with Gasteiger partial charge in [-0.2, -0.15) is 0 Å². The third-order valence-corrected chi connectivity index (χ3v) is 2.11. The molecule has 82 valence electrons. The number of benzene rings is 1. The van der Waals surface area contributed by atoms with Crippen molar-refractivity contribution in [2.75, 3.05) is 5.43 Å². The number of carbonyl (C=O) groups excluding carboxylic acids is 1. The lowest BCUT2D eigenvalue weighted by Crippen LogP contribution is -2.34. The SMILES string of the molecule is [2H]Cc1nc2ccccc2c(=O)n1NC(C)=O. The highest BCUT2D eigenvalue weighted by molar-refractivity contribution is 5.82. The quantitative estimate of drug-likeness (QED) is 0.769. The van der Waals surface area contributed by atoms with Crippen LogP contribution in [0.4, 0.5) is 0 Å². The van der Waals surface area contributed by atoms with E-state index in [2.05, 4.69) is 10.4 Å². The van der Waals surface area contributed by atoms with E-state index in [4.69, 9.17) is 1.37 Å². The molecule has 2 rings (SSSR count). The summed E-state index contributed by atoms with van der Waals surface area (Å²) in [6, 6.07) is 6.83. The Bertz CT molecular complexity index is 636. The van der Waals surface area contributed by atoms with Crippen LogP contribution in [0.3, 0.4) is 0 Å². The first-order valence-electron chi connectivity index (χ1n) is 5.41. The van der Waals surface area contributed by atoms with Crippen molar-refractivity contribution in [2.45, 2.75) is 13.8 Å². The molecule has 16 heavy (non-hydrogen) atoms. The molecular formula is C11H11N3O2. The lowest BCUT2D eigenvalue weighted by Gasteiger charge is -2.09. The first kappa shape index (κ1) is 9.08. The van der Waals surface area contributed by atoms with Crippen LogP contribution in [-0.4, -0.2) is 15.6 Å². The summed E-state index contributed by atoms with van der Waals surface area (Å²) in [6.07, 6.45) is 0. The number of amides is 1. The normalized spacial score (nSPS) is 11.2. The lowest BCUT2D eigenvalue weighted by molar-refractivity contribution is -0.115. The van der Waals surface area contributed by atoms with Gasteiger partial charge in [-0.05, 0) is 19.0 Å². The average Bonchev–Trinajstić information content (AvgIpc) is 2.32. The van der Waals surface area contributed by atoms with Crippen molar-refractivity contribution in [1.82, 2.24) is 9.66 Å². The van der Waals surface area contributed by atoms with Crippen LogP contribution in [0.15, 0.2) is 29.1 Å². The summed E-state index contributed by atoms with van der Waals surface area (Å²) in [5.41, 5.74) is 2.53. The van der Waals surface area contributed by atoms with E-state index in [1.165, 1.54) is 6.92 Å². The molecule has 1 amide bonds. The molecule has 0 aliphatic carbocycles. The summed E-state index contributed by atoms with van der Waals surface area (Å²) >= 11 is 0. The minimum Gasteiger partial charge on any atom is -0.274 e. The van der Waals surface area contributed by atoms with Crippen molar-refractivity contribution >= 4 is 16.8 Å². The fraction of sp³-hybridized carbons (Fsp3) is 0.182. The molecule has 1 N–H and O–H groups in total. The van der Waals surface area contributed by atoms with Crippen LogP contribution in [-0.2, 0) is 4.79 Å². The Morgan fingerprint density at radius 2 is 2.25 bits per heavy atom. The molecule has 1 aromatic carbocycles. The van der Waals surface area contributed by atoms with Gasteiger partial charge in [0.05, 0.1) is 10.9 Å². The summed E-state index contributed by atoms with van der Waals surface area (Å²) < 4.78 is 8.35. The molecule has 0 aliphatic rings. The van der Waals surface area contributed by atoms with Gasteiger partial charge in [0, 0.05) is 8.29 Å². The maximum Gasteiger partial charge on any atom is 0.280 e. The van der Waals surface area contributed by atoms with Gasteiger partial charge < -0.3 is 0 Å².